The Balaban J connectivity index is 2.13. The van der Waals surface area contributed by atoms with Gasteiger partial charge in [0.25, 0.3) is 0 Å². The second-order valence-corrected chi connectivity index (χ2v) is 3.19. The maximum Gasteiger partial charge on any atom is 0.233 e. The number of ether oxygens (including phenoxy) is 1. The van der Waals surface area contributed by atoms with Crippen molar-refractivity contribution in [1.82, 2.24) is 10.2 Å². The molecule has 0 amide bonds. The van der Waals surface area contributed by atoms with E-state index in [0.717, 1.165) is 11.3 Å². The first-order valence-corrected chi connectivity index (χ1v) is 5.03. The van der Waals surface area contributed by atoms with Crippen LogP contribution in [0.3, 0.4) is 0 Å². The number of rotatable bonds is 4. The molecule has 0 saturated heterocycles. The summed E-state index contributed by atoms with van der Waals surface area (Å²) in [6.07, 6.45) is 0. The molecule has 0 fully saturated rings. The highest BCUT2D eigenvalue weighted by Gasteiger charge is 2.00. The smallest absolute Gasteiger partial charge is 0.233 e. The lowest BCUT2D eigenvalue weighted by molar-refractivity contribution is 0.195. The zero-order chi connectivity index (χ0) is 11.2. The van der Waals surface area contributed by atoms with Crippen LogP contribution in [0.2, 0.25) is 0 Å². The average molecular weight is 216 g/mol. The molecule has 0 saturated carbocycles. The maximum atomic E-state index is 8.59. The van der Waals surface area contributed by atoms with E-state index >= 15 is 0 Å². The van der Waals surface area contributed by atoms with Crippen molar-refractivity contribution < 1.29 is 9.84 Å². The van der Waals surface area contributed by atoms with Crippen molar-refractivity contribution in [3.63, 3.8) is 0 Å². The molecule has 0 spiro atoms. The summed E-state index contributed by atoms with van der Waals surface area (Å²) in [7, 11) is 0. The quantitative estimate of drug-likeness (QED) is 0.841. The number of benzene rings is 1. The van der Waals surface area contributed by atoms with Crippen LogP contribution in [0.15, 0.2) is 42.5 Å². The lowest BCUT2D eigenvalue weighted by Gasteiger charge is -2.03. The van der Waals surface area contributed by atoms with Crippen LogP contribution in [0.25, 0.3) is 11.3 Å². The number of aliphatic hydroxyl groups is 1. The van der Waals surface area contributed by atoms with Gasteiger partial charge in [0.05, 0.1) is 12.3 Å². The summed E-state index contributed by atoms with van der Waals surface area (Å²) in [5.41, 5.74) is 1.82. The molecule has 1 aromatic heterocycles. The fraction of sp³-hybridized carbons (Fsp3) is 0.167. The van der Waals surface area contributed by atoms with Crippen LogP contribution in [0.1, 0.15) is 0 Å². The van der Waals surface area contributed by atoms with Crippen LogP contribution >= 0.6 is 0 Å². The zero-order valence-corrected chi connectivity index (χ0v) is 8.71. The Morgan fingerprint density at radius 1 is 1.00 bits per heavy atom. The topological polar surface area (TPSA) is 55.2 Å². The SMILES string of the molecule is OCCOc1ccc(-c2ccccc2)nn1. The van der Waals surface area contributed by atoms with E-state index in [2.05, 4.69) is 10.2 Å². The van der Waals surface area contributed by atoms with E-state index in [1.54, 1.807) is 6.07 Å². The van der Waals surface area contributed by atoms with Crippen molar-refractivity contribution in [2.45, 2.75) is 0 Å². The van der Waals surface area contributed by atoms with Gasteiger partial charge >= 0.3 is 0 Å². The first-order valence-electron chi connectivity index (χ1n) is 5.03. The van der Waals surface area contributed by atoms with Crippen molar-refractivity contribution in [1.29, 1.82) is 0 Å². The van der Waals surface area contributed by atoms with E-state index in [1.165, 1.54) is 0 Å². The fourth-order valence-corrected chi connectivity index (χ4v) is 1.31. The predicted octanol–water partition coefficient (Wildman–Crippen LogP) is 1.51. The molecule has 4 nitrogen and oxygen atoms in total. The third-order valence-corrected chi connectivity index (χ3v) is 2.05. The summed E-state index contributed by atoms with van der Waals surface area (Å²) in [6, 6.07) is 13.4. The molecular weight excluding hydrogens is 204 g/mol. The van der Waals surface area contributed by atoms with E-state index in [0.29, 0.717) is 5.88 Å². The lowest BCUT2D eigenvalue weighted by Crippen LogP contribution is -2.03. The van der Waals surface area contributed by atoms with E-state index < -0.39 is 0 Å². The Labute approximate surface area is 93.5 Å². The van der Waals surface area contributed by atoms with Crippen LogP contribution < -0.4 is 4.74 Å². The highest BCUT2D eigenvalue weighted by atomic mass is 16.5. The van der Waals surface area contributed by atoms with Gasteiger partial charge in [0.2, 0.25) is 5.88 Å². The molecule has 0 aliphatic heterocycles. The van der Waals surface area contributed by atoms with Gasteiger partial charge in [0.1, 0.15) is 6.61 Å². The summed E-state index contributed by atoms with van der Waals surface area (Å²) in [5, 5.41) is 16.5. The molecule has 0 unspecified atom stereocenters. The Morgan fingerprint density at radius 3 is 2.44 bits per heavy atom. The van der Waals surface area contributed by atoms with Crippen LogP contribution in [0, 0.1) is 0 Å². The summed E-state index contributed by atoms with van der Waals surface area (Å²) in [6.45, 7) is 0.210. The Hall–Kier alpha value is -1.94. The molecule has 82 valence electrons. The minimum Gasteiger partial charge on any atom is -0.474 e. The number of nitrogens with zero attached hydrogens (tertiary/aromatic N) is 2. The molecule has 16 heavy (non-hydrogen) atoms. The van der Waals surface area contributed by atoms with Crippen LogP contribution in [-0.4, -0.2) is 28.5 Å². The molecule has 2 rings (SSSR count). The van der Waals surface area contributed by atoms with Gasteiger partial charge in [-0.15, -0.1) is 10.2 Å². The van der Waals surface area contributed by atoms with Gasteiger partial charge in [-0.3, -0.25) is 0 Å². The molecule has 1 heterocycles. The summed E-state index contributed by atoms with van der Waals surface area (Å²) < 4.78 is 5.12. The number of aromatic nitrogens is 2. The van der Waals surface area contributed by atoms with E-state index in [1.807, 2.05) is 36.4 Å². The normalized spacial score (nSPS) is 10.1. The van der Waals surface area contributed by atoms with Gasteiger partial charge in [-0.2, -0.15) is 0 Å². The largest absolute Gasteiger partial charge is 0.474 e. The molecule has 0 atom stereocenters. The molecule has 0 aliphatic rings. The molecule has 4 heteroatoms. The average Bonchev–Trinajstić information content (AvgIpc) is 2.38. The van der Waals surface area contributed by atoms with Crippen molar-refractivity contribution in [2.75, 3.05) is 13.2 Å². The number of hydrogen-bond acceptors (Lipinski definition) is 4. The molecule has 0 radical (unpaired) electrons. The zero-order valence-electron chi connectivity index (χ0n) is 8.71. The van der Waals surface area contributed by atoms with Crippen molar-refractivity contribution >= 4 is 0 Å². The van der Waals surface area contributed by atoms with Gasteiger partial charge < -0.3 is 9.84 Å². The van der Waals surface area contributed by atoms with E-state index in [-0.39, 0.29) is 13.2 Å². The summed E-state index contributed by atoms with van der Waals surface area (Å²) in [4.78, 5) is 0. The van der Waals surface area contributed by atoms with Crippen LogP contribution in [0.4, 0.5) is 0 Å². The summed E-state index contributed by atoms with van der Waals surface area (Å²) in [5.74, 6) is 0.425. The highest BCUT2D eigenvalue weighted by molar-refractivity contribution is 5.58. The third-order valence-electron chi connectivity index (χ3n) is 2.05. The highest BCUT2D eigenvalue weighted by Crippen LogP contribution is 2.16. The van der Waals surface area contributed by atoms with E-state index in [9.17, 15) is 0 Å². The summed E-state index contributed by atoms with van der Waals surface area (Å²) >= 11 is 0. The molecule has 1 aromatic carbocycles. The standard InChI is InChI=1S/C12H12N2O2/c15-8-9-16-12-7-6-11(13-14-12)10-4-2-1-3-5-10/h1-7,15H,8-9H2. The van der Waals surface area contributed by atoms with Gasteiger partial charge in [-0.1, -0.05) is 30.3 Å². The Bertz CT molecular complexity index is 429. The van der Waals surface area contributed by atoms with Gasteiger partial charge in [-0.05, 0) is 6.07 Å². The maximum absolute atomic E-state index is 8.59. The number of hydrogen-bond donors (Lipinski definition) is 1. The van der Waals surface area contributed by atoms with Crippen molar-refractivity contribution in [3.8, 4) is 17.1 Å². The first-order chi connectivity index (χ1) is 7.90. The Morgan fingerprint density at radius 2 is 1.81 bits per heavy atom. The molecule has 2 aromatic rings. The second kappa shape index (κ2) is 5.23. The van der Waals surface area contributed by atoms with Crippen molar-refractivity contribution in [2.24, 2.45) is 0 Å². The van der Waals surface area contributed by atoms with Gasteiger partial charge in [-0.25, -0.2) is 0 Å². The molecular formula is C12H12N2O2. The van der Waals surface area contributed by atoms with E-state index in [4.69, 9.17) is 9.84 Å². The van der Waals surface area contributed by atoms with Crippen LogP contribution in [0.5, 0.6) is 5.88 Å². The lowest BCUT2D eigenvalue weighted by atomic mass is 10.1. The third kappa shape index (κ3) is 2.55. The molecule has 0 bridgehead atoms. The minimum absolute atomic E-state index is 0.0257. The second-order valence-electron chi connectivity index (χ2n) is 3.19. The molecule has 1 N–H and O–H groups in total. The van der Waals surface area contributed by atoms with Crippen LogP contribution in [-0.2, 0) is 0 Å². The number of aliphatic hydroxyl groups excluding tert-OH is 1. The minimum atomic E-state index is -0.0257. The predicted molar refractivity (Wildman–Crippen MR) is 60.0 cm³/mol. The molecule has 0 aliphatic carbocycles. The fourth-order valence-electron chi connectivity index (χ4n) is 1.31. The Kier molecular flexibility index (Phi) is 3.46. The van der Waals surface area contributed by atoms with Crippen molar-refractivity contribution in [3.05, 3.63) is 42.5 Å². The monoisotopic (exact) mass is 216 g/mol. The van der Waals surface area contributed by atoms with Gasteiger partial charge in [0, 0.05) is 11.6 Å². The first kappa shape index (κ1) is 10.6. The van der Waals surface area contributed by atoms with Gasteiger partial charge in [0.15, 0.2) is 0 Å².